The molecule has 0 spiro atoms. The number of carbonyl (C=O) groups is 1. The number of aromatic nitrogens is 4. The minimum Gasteiger partial charge on any atom is -0.368 e. The lowest BCUT2D eigenvalue weighted by atomic mass is 10.0. The van der Waals surface area contributed by atoms with Gasteiger partial charge in [-0.2, -0.15) is 4.98 Å². The van der Waals surface area contributed by atoms with Gasteiger partial charge in [-0.05, 0) is 50.8 Å². The number of nitrogens with zero attached hydrogens (tertiary/aromatic N) is 6. The van der Waals surface area contributed by atoms with Gasteiger partial charge in [0.05, 0.1) is 17.4 Å². The molecule has 0 amide bonds. The molecule has 2 aliphatic rings. The van der Waals surface area contributed by atoms with Gasteiger partial charge in [0.25, 0.3) is 5.56 Å². The van der Waals surface area contributed by atoms with Crippen molar-refractivity contribution in [1.82, 2.24) is 24.8 Å². The van der Waals surface area contributed by atoms with E-state index in [0.717, 1.165) is 88.1 Å². The van der Waals surface area contributed by atoms with Crippen LogP contribution in [-0.2, 0) is 0 Å². The van der Waals surface area contributed by atoms with Crippen LogP contribution in [0.4, 0.5) is 17.5 Å². The lowest BCUT2D eigenvalue weighted by molar-refractivity contribution is 0.101. The third kappa shape index (κ3) is 4.97. The number of Topliss-reactive ketones (excluding diaryl/α,β-unsaturated/α-hetero) is 1. The van der Waals surface area contributed by atoms with Crippen molar-refractivity contribution in [2.24, 2.45) is 0 Å². The molecule has 0 atom stereocenters. The van der Waals surface area contributed by atoms with Crippen LogP contribution in [0.25, 0.3) is 11.0 Å². The van der Waals surface area contributed by atoms with E-state index in [-0.39, 0.29) is 22.9 Å². The van der Waals surface area contributed by atoms with Gasteiger partial charge in [-0.1, -0.05) is 26.2 Å². The van der Waals surface area contributed by atoms with Gasteiger partial charge in [0.15, 0.2) is 5.78 Å². The zero-order valence-electron chi connectivity index (χ0n) is 22.2. The average Bonchev–Trinajstić information content (AvgIpc) is 3.44. The smallest absolute Gasteiger partial charge is 0.263 e. The third-order valence-corrected chi connectivity index (χ3v) is 7.71. The number of hydrogen-bond donors (Lipinski definition) is 1. The maximum atomic E-state index is 13.6. The maximum Gasteiger partial charge on any atom is 0.263 e. The summed E-state index contributed by atoms with van der Waals surface area (Å²) in [5.41, 5.74) is 2.41. The molecule has 0 aromatic carbocycles. The molecule has 5 rings (SSSR count). The number of unbranched alkanes of at least 4 members (excludes halogenated alkanes) is 1. The summed E-state index contributed by atoms with van der Waals surface area (Å²) < 4.78 is 1.77. The van der Waals surface area contributed by atoms with E-state index in [0.29, 0.717) is 17.2 Å². The van der Waals surface area contributed by atoms with Crippen LogP contribution in [0.5, 0.6) is 0 Å². The molecule has 1 N–H and O–H groups in total. The fourth-order valence-electron chi connectivity index (χ4n) is 5.65. The molecule has 196 valence electrons. The number of aryl methyl sites for hydroxylation is 1. The molecule has 2 fully saturated rings. The molecule has 9 nitrogen and oxygen atoms in total. The van der Waals surface area contributed by atoms with E-state index in [4.69, 9.17) is 15.0 Å². The first kappa shape index (κ1) is 25.3. The Kier molecular flexibility index (Phi) is 7.50. The Hall–Kier alpha value is -3.33. The number of carbonyl (C=O) groups excluding carboxylic acids is 1. The maximum absolute atomic E-state index is 13.6. The Morgan fingerprint density at radius 3 is 2.54 bits per heavy atom. The van der Waals surface area contributed by atoms with Gasteiger partial charge in [-0.15, -0.1) is 0 Å². The van der Waals surface area contributed by atoms with Crippen molar-refractivity contribution in [2.45, 2.75) is 65.3 Å². The number of pyridine rings is 2. The molecule has 3 aromatic rings. The summed E-state index contributed by atoms with van der Waals surface area (Å²) in [6, 6.07) is 4.21. The van der Waals surface area contributed by atoms with Crippen molar-refractivity contribution >= 4 is 34.3 Å². The lowest BCUT2D eigenvalue weighted by Crippen LogP contribution is -2.43. The molecule has 3 aromatic heterocycles. The summed E-state index contributed by atoms with van der Waals surface area (Å²) in [6.45, 7) is 10.1. The van der Waals surface area contributed by atoms with Crippen LogP contribution < -0.4 is 20.7 Å². The van der Waals surface area contributed by atoms with Crippen LogP contribution in [0, 0.1) is 6.92 Å². The first-order valence-corrected chi connectivity index (χ1v) is 13.6. The van der Waals surface area contributed by atoms with E-state index in [9.17, 15) is 9.59 Å². The second-order valence-corrected chi connectivity index (χ2v) is 10.2. The summed E-state index contributed by atoms with van der Waals surface area (Å²) in [7, 11) is 0. The molecule has 1 saturated heterocycles. The second-order valence-electron chi connectivity index (χ2n) is 10.2. The van der Waals surface area contributed by atoms with E-state index in [2.05, 4.69) is 23.2 Å². The largest absolute Gasteiger partial charge is 0.368 e. The minimum atomic E-state index is -0.229. The number of fused-ring (bicyclic) bond motifs is 1. The van der Waals surface area contributed by atoms with Gasteiger partial charge in [0, 0.05) is 50.3 Å². The van der Waals surface area contributed by atoms with E-state index in [1.807, 2.05) is 24.1 Å². The lowest BCUT2D eigenvalue weighted by Gasteiger charge is -2.29. The van der Waals surface area contributed by atoms with Gasteiger partial charge in [0.1, 0.15) is 11.5 Å². The summed E-state index contributed by atoms with van der Waals surface area (Å²) in [4.78, 5) is 44.9. The zero-order chi connectivity index (χ0) is 25.9. The predicted molar refractivity (Wildman–Crippen MR) is 147 cm³/mol. The fourth-order valence-corrected chi connectivity index (χ4v) is 5.65. The van der Waals surface area contributed by atoms with E-state index in [1.165, 1.54) is 6.92 Å². The van der Waals surface area contributed by atoms with Crippen molar-refractivity contribution in [3.05, 3.63) is 46.0 Å². The number of ketones is 1. The molecule has 0 radical (unpaired) electrons. The molecule has 1 saturated carbocycles. The highest BCUT2D eigenvalue weighted by Crippen LogP contribution is 2.33. The van der Waals surface area contributed by atoms with Crippen LogP contribution in [0.3, 0.4) is 0 Å². The normalized spacial score (nSPS) is 16.5. The quantitative estimate of drug-likeness (QED) is 0.458. The second kappa shape index (κ2) is 11.0. The summed E-state index contributed by atoms with van der Waals surface area (Å²) >= 11 is 0. The van der Waals surface area contributed by atoms with Gasteiger partial charge in [-0.25, -0.2) is 9.97 Å². The van der Waals surface area contributed by atoms with Crippen LogP contribution in [0.15, 0.2) is 29.3 Å². The van der Waals surface area contributed by atoms with E-state index >= 15 is 0 Å². The highest BCUT2D eigenvalue weighted by Gasteiger charge is 2.26. The average molecular weight is 504 g/mol. The van der Waals surface area contributed by atoms with Crippen molar-refractivity contribution in [1.29, 1.82) is 0 Å². The molecule has 9 heteroatoms. The summed E-state index contributed by atoms with van der Waals surface area (Å²) in [5.74, 6) is 1.11. The monoisotopic (exact) mass is 503 g/mol. The highest BCUT2D eigenvalue weighted by atomic mass is 16.1. The third-order valence-electron chi connectivity index (χ3n) is 7.71. The number of nitrogens with one attached hydrogen (secondary N) is 1. The number of hydrogen-bond acceptors (Lipinski definition) is 8. The Morgan fingerprint density at radius 2 is 1.89 bits per heavy atom. The van der Waals surface area contributed by atoms with Crippen molar-refractivity contribution in [3.63, 3.8) is 0 Å². The van der Waals surface area contributed by atoms with Gasteiger partial charge in [-0.3, -0.25) is 19.1 Å². The standard InChI is InChI=1S/C28H37N7O2/c1-4-5-14-34(24-11-10-22(17-30-24)33-15-12-29-13-16-33)28-31-18-23-19(2)25(20(3)36)27(37)35(26(23)32-28)21-8-6-7-9-21/h10-11,17-18,21,29H,4-9,12-16H2,1-3H3. The predicted octanol–water partition coefficient (Wildman–Crippen LogP) is 4.16. The van der Waals surface area contributed by atoms with Gasteiger partial charge in [0.2, 0.25) is 5.95 Å². The van der Waals surface area contributed by atoms with Crippen LogP contribution >= 0.6 is 0 Å². The Balaban J connectivity index is 1.60. The SMILES string of the molecule is CCCCN(c1ccc(N2CCNCC2)cn1)c1ncc2c(C)c(C(C)=O)c(=O)n(C3CCCC3)c2n1. The van der Waals surface area contributed by atoms with Crippen LogP contribution in [0.2, 0.25) is 0 Å². The summed E-state index contributed by atoms with van der Waals surface area (Å²) in [5, 5.41) is 4.15. The fraction of sp³-hybridized carbons (Fsp3) is 0.536. The van der Waals surface area contributed by atoms with Gasteiger partial charge < -0.3 is 10.2 Å². The van der Waals surface area contributed by atoms with E-state index < -0.39 is 0 Å². The number of anilines is 3. The van der Waals surface area contributed by atoms with Gasteiger partial charge >= 0.3 is 0 Å². The summed E-state index contributed by atoms with van der Waals surface area (Å²) in [6.07, 6.45) is 9.68. The van der Waals surface area contributed by atoms with Crippen molar-refractivity contribution in [2.75, 3.05) is 42.5 Å². The molecule has 1 aliphatic heterocycles. The van der Waals surface area contributed by atoms with Crippen molar-refractivity contribution < 1.29 is 4.79 Å². The van der Waals surface area contributed by atoms with Crippen LogP contribution in [0.1, 0.15) is 74.3 Å². The zero-order valence-corrected chi connectivity index (χ0v) is 22.2. The van der Waals surface area contributed by atoms with Crippen molar-refractivity contribution in [3.8, 4) is 0 Å². The Bertz CT molecular complexity index is 1320. The molecule has 37 heavy (non-hydrogen) atoms. The molecular weight excluding hydrogens is 466 g/mol. The Morgan fingerprint density at radius 1 is 1.14 bits per heavy atom. The first-order valence-electron chi connectivity index (χ1n) is 13.6. The molecular formula is C28H37N7O2. The van der Waals surface area contributed by atoms with E-state index in [1.54, 1.807) is 10.8 Å². The molecule has 4 heterocycles. The first-order chi connectivity index (χ1) is 18.0. The number of rotatable bonds is 8. The number of piperazine rings is 1. The topological polar surface area (TPSA) is 96.3 Å². The molecule has 0 bridgehead atoms. The minimum absolute atomic E-state index is 0.0528. The molecule has 0 unspecified atom stereocenters. The Labute approximate surface area is 217 Å². The molecule has 1 aliphatic carbocycles. The van der Waals surface area contributed by atoms with Crippen LogP contribution in [-0.4, -0.2) is 58.0 Å². The highest BCUT2D eigenvalue weighted by molar-refractivity contribution is 5.99.